The van der Waals surface area contributed by atoms with E-state index < -0.39 is 13.7 Å². The minimum Gasteiger partial charge on any atom is -0.492 e. The Morgan fingerprint density at radius 3 is 2.62 bits per heavy atom. The Morgan fingerprint density at radius 2 is 1.90 bits per heavy atom. The van der Waals surface area contributed by atoms with Crippen LogP contribution in [0.2, 0.25) is 25.7 Å². The zero-order chi connectivity index (χ0) is 34.2. The molecule has 0 spiro atoms. The highest BCUT2D eigenvalue weighted by atomic mass is 28.3. The van der Waals surface area contributed by atoms with Gasteiger partial charge in [0.15, 0.2) is 11.5 Å². The van der Waals surface area contributed by atoms with Gasteiger partial charge in [0.25, 0.3) is 5.91 Å². The second kappa shape index (κ2) is 13.6. The predicted molar refractivity (Wildman–Crippen MR) is 184 cm³/mol. The Morgan fingerprint density at radius 1 is 1.10 bits per heavy atom. The van der Waals surface area contributed by atoms with Gasteiger partial charge in [-0.15, -0.1) is 0 Å². The third-order valence-corrected chi connectivity index (χ3v) is 10.6. The van der Waals surface area contributed by atoms with Gasteiger partial charge in [-0.25, -0.2) is 14.8 Å². The minimum atomic E-state index is -1.33. The molecule has 0 bridgehead atoms. The first kappa shape index (κ1) is 34.0. The molecule has 6 rings (SSSR count). The topological polar surface area (TPSA) is 126 Å². The number of likely N-dealkylation sites (tertiary alicyclic amines) is 1. The highest BCUT2D eigenvalue weighted by Crippen LogP contribution is 2.49. The fourth-order valence-corrected chi connectivity index (χ4v) is 6.83. The smallest absolute Gasteiger partial charge is 0.410 e. The molecule has 3 aromatic rings. The van der Waals surface area contributed by atoms with E-state index in [1.165, 1.54) is 6.33 Å². The van der Waals surface area contributed by atoms with Crippen LogP contribution in [-0.2, 0) is 16.2 Å². The molecule has 2 aliphatic heterocycles. The molecule has 0 unspecified atom stereocenters. The van der Waals surface area contributed by atoms with Crippen LogP contribution in [0, 0.1) is 12.8 Å². The van der Waals surface area contributed by atoms with Gasteiger partial charge >= 0.3 is 6.09 Å². The number of hydrogen-bond acceptors (Lipinski definition) is 9. The van der Waals surface area contributed by atoms with E-state index >= 15 is 0 Å². The molecule has 1 atom stereocenters. The van der Waals surface area contributed by atoms with Crippen LogP contribution in [0.4, 0.5) is 4.79 Å². The summed E-state index contributed by atoms with van der Waals surface area (Å²) in [6, 6.07) is 4.53. The quantitative estimate of drug-likeness (QED) is 0.182. The van der Waals surface area contributed by atoms with Crippen molar-refractivity contribution in [3.05, 3.63) is 29.7 Å². The van der Waals surface area contributed by atoms with Gasteiger partial charge in [-0.05, 0) is 77.5 Å². The number of hydrogen-bond donors (Lipinski definition) is 1. The van der Waals surface area contributed by atoms with E-state index in [4.69, 9.17) is 28.7 Å². The molecule has 2 amide bonds. The summed E-state index contributed by atoms with van der Waals surface area (Å²) < 4.78 is 32.0. The largest absolute Gasteiger partial charge is 0.492 e. The highest BCUT2D eigenvalue weighted by Gasteiger charge is 2.33. The number of aromatic nitrogens is 3. The number of benzene rings is 1. The lowest BCUT2D eigenvalue weighted by molar-refractivity contribution is 0.0185. The van der Waals surface area contributed by atoms with Crippen molar-refractivity contribution < 1.29 is 33.3 Å². The van der Waals surface area contributed by atoms with Crippen molar-refractivity contribution in [2.75, 3.05) is 33.1 Å². The predicted octanol–water partition coefficient (Wildman–Crippen LogP) is 6.37. The molecular formula is C35H49N5O7Si. The molecule has 3 aliphatic rings. The molecular weight excluding hydrogens is 630 g/mol. The summed E-state index contributed by atoms with van der Waals surface area (Å²) in [5.41, 5.74) is 2.98. The number of rotatable bonds is 11. The van der Waals surface area contributed by atoms with E-state index in [0.29, 0.717) is 83.0 Å². The van der Waals surface area contributed by atoms with Gasteiger partial charge in [0.2, 0.25) is 6.79 Å². The number of carbonyl (C=O) groups excluding carboxylic acids is 2. The Hall–Kier alpha value is -3.84. The van der Waals surface area contributed by atoms with Crippen LogP contribution in [-0.4, -0.2) is 84.2 Å². The normalized spacial score (nSPS) is 17.9. The van der Waals surface area contributed by atoms with Crippen LogP contribution >= 0.6 is 0 Å². The third-order valence-electron chi connectivity index (χ3n) is 8.86. The SMILES string of the molecule is Cc1c(C(=O)N[C@@H]2CCCN(C(=O)OC(C)(C)C)C2)c2ncnc(-c3c(OCC4CC4)ccc4c3OCO4)c2n1COCC[Si](C)(C)C. The van der Waals surface area contributed by atoms with Gasteiger partial charge < -0.3 is 38.5 Å². The van der Waals surface area contributed by atoms with E-state index in [-0.39, 0.29) is 31.6 Å². The molecule has 48 heavy (non-hydrogen) atoms. The average Bonchev–Trinajstić information content (AvgIpc) is 3.64. The van der Waals surface area contributed by atoms with E-state index in [2.05, 4.69) is 29.9 Å². The molecule has 1 aromatic carbocycles. The first-order valence-electron chi connectivity index (χ1n) is 17.0. The second-order valence-corrected chi connectivity index (χ2v) is 20.9. The monoisotopic (exact) mass is 679 g/mol. The van der Waals surface area contributed by atoms with Crippen molar-refractivity contribution in [2.45, 2.75) is 97.4 Å². The number of amides is 2. The van der Waals surface area contributed by atoms with Crippen LogP contribution in [0.15, 0.2) is 18.5 Å². The number of piperidine rings is 1. The van der Waals surface area contributed by atoms with Crippen molar-refractivity contribution >= 4 is 31.1 Å². The molecule has 1 aliphatic carbocycles. The summed E-state index contributed by atoms with van der Waals surface area (Å²) in [4.78, 5) is 38.2. The van der Waals surface area contributed by atoms with Crippen molar-refractivity contribution in [1.29, 1.82) is 0 Å². The maximum absolute atomic E-state index is 14.2. The molecule has 2 aromatic heterocycles. The summed E-state index contributed by atoms with van der Waals surface area (Å²) in [5.74, 6) is 2.10. The molecule has 1 saturated heterocycles. The molecule has 1 saturated carbocycles. The Bertz CT molecular complexity index is 1670. The van der Waals surface area contributed by atoms with Crippen LogP contribution < -0.4 is 19.5 Å². The molecule has 4 heterocycles. The van der Waals surface area contributed by atoms with Gasteiger partial charge in [0, 0.05) is 39.5 Å². The summed E-state index contributed by atoms with van der Waals surface area (Å²) in [7, 11) is -1.33. The minimum absolute atomic E-state index is 0.0951. The number of carbonyl (C=O) groups is 2. The maximum Gasteiger partial charge on any atom is 0.410 e. The fraction of sp³-hybridized carbons (Fsp3) is 0.600. The number of nitrogens with one attached hydrogen (secondary N) is 1. The molecule has 12 nitrogen and oxygen atoms in total. The zero-order valence-electron chi connectivity index (χ0n) is 29.3. The summed E-state index contributed by atoms with van der Waals surface area (Å²) in [5, 5.41) is 3.20. The first-order chi connectivity index (χ1) is 22.8. The van der Waals surface area contributed by atoms with E-state index in [0.717, 1.165) is 31.7 Å². The molecule has 13 heteroatoms. The lowest BCUT2D eigenvalue weighted by atomic mass is 10.0. The number of ether oxygens (including phenoxy) is 5. The van der Waals surface area contributed by atoms with Gasteiger partial charge in [-0.3, -0.25) is 4.79 Å². The van der Waals surface area contributed by atoms with Crippen LogP contribution in [0.5, 0.6) is 17.2 Å². The zero-order valence-corrected chi connectivity index (χ0v) is 30.3. The summed E-state index contributed by atoms with van der Waals surface area (Å²) >= 11 is 0. The van der Waals surface area contributed by atoms with E-state index in [9.17, 15) is 9.59 Å². The molecule has 1 N–H and O–H groups in total. The van der Waals surface area contributed by atoms with Crippen molar-refractivity contribution in [1.82, 2.24) is 24.8 Å². The van der Waals surface area contributed by atoms with Gasteiger partial charge in [0.1, 0.15) is 35.6 Å². The first-order valence-corrected chi connectivity index (χ1v) is 20.8. The number of nitrogens with zero attached hydrogens (tertiary/aromatic N) is 4. The average molecular weight is 680 g/mol. The molecule has 260 valence electrons. The van der Waals surface area contributed by atoms with Gasteiger partial charge in [-0.2, -0.15) is 0 Å². The van der Waals surface area contributed by atoms with Crippen molar-refractivity contribution in [2.24, 2.45) is 5.92 Å². The standard InChI is InChI=1S/C35H49N5O7Si/c1-22-27(33(41)38-24-9-8-14-39(17-24)34(42)47-35(2,3)4)29-31(40(22)20-43-15-16-48(5,6)7)30(37-19-36-29)28-25(44-18-23-10-11-23)12-13-26-32(28)46-21-45-26/h12-13,19,23-24H,8-11,14-18,20-21H2,1-7H3,(H,38,41)/t24-/m1/s1. The Kier molecular flexibility index (Phi) is 9.63. The van der Waals surface area contributed by atoms with E-state index in [1.54, 1.807) is 4.90 Å². The third kappa shape index (κ3) is 7.72. The van der Waals surface area contributed by atoms with Crippen LogP contribution in [0.25, 0.3) is 22.3 Å². The highest BCUT2D eigenvalue weighted by molar-refractivity contribution is 6.76. The van der Waals surface area contributed by atoms with Crippen molar-refractivity contribution in [3.8, 4) is 28.5 Å². The Labute approximate surface area is 283 Å². The van der Waals surface area contributed by atoms with Crippen LogP contribution in [0.1, 0.15) is 62.5 Å². The van der Waals surface area contributed by atoms with Gasteiger partial charge in [0.05, 0.1) is 23.3 Å². The maximum atomic E-state index is 14.2. The van der Waals surface area contributed by atoms with Crippen molar-refractivity contribution in [3.63, 3.8) is 0 Å². The van der Waals surface area contributed by atoms with E-state index in [1.807, 2.05) is 44.4 Å². The second-order valence-electron chi connectivity index (χ2n) is 15.3. The molecule has 2 fully saturated rings. The fourth-order valence-electron chi connectivity index (χ4n) is 6.08. The summed E-state index contributed by atoms with van der Waals surface area (Å²) in [6.07, 6.45) is 4.93. The van der Waals surface area contributed by atoms with Crippen LogP contribution in [0.3, 0.4) is 0 Å². The van der Waals surface area contributed by atoms with Gasteiger partial charge in [-0.1, -0.05) is 19.6 Å². The molecule has 0 radical (unpaired) electrons. The lowest BCUT2D eigenvalue weighted by Crippen LogP contribution is -2.50. The Balaban J connectivity index is 1.37. The number of fused-ring (bicyclic) bond motifs is 2. The summed E-state index contributed by atoms with van der Waals surface area (Å²) in [6.45, 7) is 16.9. The lowest BCUT2D eigenvalue weighted by Gasteiger charge is -2.34.